The molecule has 2 amide bonds. The number of rotatable bonds is 11. The van der Waals surface area contributed by atoms with Gasteiger partial charge in [-0.2, -0.15) is 0 Å². The number of para-hydroxylation sites is 1. The quantitative estimate of drug-likeness (QED) is 0.303. The van der Waals surface area contributed by atoms with Crippen LogP contribution in [0.15, 0.2) is 108 Å². The third-order valence-electron chi connectivity index (χ3n) is 5.66. The molecule has 0 aliphatic rings. The minimum atomic E-state index is -0.773. The van der Waals surface area contributed by atoms with Gasteiger partial charge in [0, 0.05) is 18.0 Å². The molecule has 1 atom stereocenters. The normalized spacial score (nSPS) is 11.5. The lowest BCUT2D eigenvalue weighted by atomic mass is 10.0. The largest absolute Gasteiger partial charge is 0.484 e. The van der Waals surface area contributed by atoms with E-state index in [9.17, 15) is 9.59 Å². The van der Waals surface area contributed by atoms with Gasteiger partial charge in [0.1, 0.15) is 17.6 Å². The molecule has 1 unspecified atom stereocenters. The topological polar surface area (TPSA) is 71.8 Å². The molecule has 1 N–H and O–H groups in total. The first-order chi connectivity index (χ1) is 17.6. The molecule has 0 fully saturated rings. The van der Waals surface area contributed by atoms with Crippen molar-refractivity contribution < 1.29 is 18.7 Å². The van der Waals surface area contributed by atoms with Gasteiger partial charge in [-0.25, -0.2) is 0 Å². The SMILES string of the molecule is O=C(NCc1ccco1)C(Cc1ccccc1)N(Cc1ccc(Cl)cc1)C(=O)COc1ccccc1. The first-order valence-electron chi connectivity index (χ1n) is 11.6. The fraction of sp³-hybridized carbons (Fsp3) is 0.172. The van der Waals surface area contributed by atoms with Gasteiger partial charge in [0.2, 0.25) is 5.91 Å². The summed E-state index contributed by atoms with van der Waals surface area (Å²) in [7, 11) is 0. The zero-order valence-corrected chi connectivity index (χ0v) is 20.4. The molecule has 36 heavy (non-hydrogen) atoms. The van der Waals surface area contributed by atoms with E-state index >= 15 is 0 Å². The van der Waals surface area contributed by atoms with E-state index in [4.69, 9.17) is 20.8 Å². The summed E-state index contributed by atoms with van der Waals surface area (Å²) in [5, 5.41) is 3.52. The van der Waals surface area contributed by atoms with Crippen LogP contribution in [-0.2, 0) is 29.1 Å². The van der Waals surface area contributed by atoms with E-state index in [1.165, 1.54) is 0 Å². The van der Waals surface area contributed by atoms with E-state index in [-0.39, 0.29) is 31.5 Å². The molecule has 0 spiro atoms. The third-order valence-corrected chi connectivity index (χ3v) is 5.91. The van der Waals surface area contributed by atoms with Crippen LogP contribution in [0.3, 0.4) is 0 Å². The van der Waals surface area contributed by atoms with Crippen LogP contribution in [0.4, 0.5) is 0 Å². The highest BCUT2D eigenvalue weighted by Crippen LogP contribution is 2.18. The van der Waals surface area contributed by atoms with Crippen molar-refractivity contribution >= 4 is 23.4 Å². The minimum Gasteiger partial charge on any atom is -0.484 e. The number of ether oxygens (including phenoxy) is 1. The van der Waals surface area contributed by atoms with Crippen molar-refractivity contribution in [2.24, 2.45) is 0 Å². The predicted octanol–water partition coefficient (Wildman–Crippen LogP) is 5.27. The van der Waals surface area contributed by atoms with Gasteiger partial charge in [-0.05, 0) is 47.5 Å². The van der Waals surface area contributed by atoms with Crippen molar-refractivity contribution in [2.75, 3.05) is 6.61 Å². The summed E-state index contributed by atoms with van der Waals surface area (Å²) in [5.74, 6) is 0.629. The Balaban J connectivity index is 1.60. The average molecular weight is 503 g/mol. The molecule has 7 heteroatoms. The molecule has 4 rings (SSSR count). The summed E-state index contributed by atoms with van der Waals surface area (Å²) < 4.78 is 11.1. The lowest BCUT2D eigenvalue weighted by Gasteiger charge is -2.31. The summed E-state index contributed by atoms with van der Waals surface area (Å²) in [6.07, 6.45) is 1.90. The van der Waals surface area contributed by atoms with Crippen LogP contribution in [0, 0.1) is 0 Å². The molecule has 4 aromatic rings. The van der Waals surface area contributed by atoms with Gasteiger partial charge in [-0.15, -0.1) is 0 Å². The van der Waals surface area contributed by atoms with Crippen molar-refractivity contribution in [3.05, 3.63) is 125 Å². The standard InChI is InChI=1S/C29H27ClN2O4/c30-24-15-13-23(14-16-24)20-32(28(33)21-36-25-10-5-2-6-11-25)27(18-22-8-3-1-4-9-22)29(34)31-19-26-12-7-17-35-26/h1-17,27H,18-21H2,(H,31,34). The van der Waals surface area contributed by atoms with E-state index in [0.29, 0.717) is 23.0 Å². The average Bonchev–Trinajstić information content (AvgIpc) is 3.44. The van der Waals surface area contributed by atoms with Crippen LogP contribution in [0.25, 0.3) is 0 Å². The first kappa shape index (κ1) is 25.1. The van der Waals surface area contributed by atoms with Gasteiger partial charge in [-0.1, -0.05) is 72.3 Å². The fourth-order valence-corrected chi connectivity index (χ4v) is 3.92. The van der Waals surface area contributed by atoms with Crippen LogP contribution in [0.1, 0.15) is 16.9 Å². The number of hydrogen-bond donors (Lipinski definition) is 1. The van der Waals surface area contributed by atoms with Crippen molar-refractivity contribution in [2.45, 2.75) is 25.6 Å². The molecule has 0 saturated carbocycles. The Morgan fingerprint density at radius 1 is 0.861 bits per heavy atom. The zero-order valence-electron chi connectivity index (χ0n) is 19.7. The number of benzene rings is 3. The number of amides is 2. The Morgan fingerprint density at radius 3 is 2.22 bits per heavy atom. The van der Waals surface area contributed by atoms with Gasteiger partial charge in [0.25, 0.3) is 5.91 Å². The van der Waals surface area contributed by atoms with Crippen molar-refractivity contribution in [1.29, 1.82) is 0 Å². The van der Waals surface area contributed by atoms with Crippen molar-refractivity contribution in [3.8, 4) is 5.75 Å². The van der Waals surface area contributed by atoms with E-state index in [1.807, 2.05) is 60.7 Å². The first-order valence-corrected chi connectivity index (χ1v) is 12.0. The third kappa shape index (κ3) is 7.23. The smallest absolute Gasteiger partial charge is 0.261 e. The van der Waals surface area contributed by atoms with Crippen molar-refractivity contribution in [3.63, 3.8) is 0 Å². The van der Waals surface area contributed by atoms with Crippen LogP contribution >= 0.6 is 11.6 Å². The number of hydrogen-bond acceptors (Lipinski definition) is 4. The highest BCUT2D eigenvalue weighted by molar-refractivity contribution is 6.30. The summed E-state index contributed by atoms with van der Waals surface area (Å²) in [6, 6.07) is 28.8. The predicted molar refractivity (Wildman–Crippen MR) is 138 cm³/mol. The molecule has 1 heterocycles. The number of carbonyl (C=O) groups excluding carboxylic acids is 2. The van der Waals surface area contributed by atoms with Crippen molar-refractivity contribution in [1.82, 2.24) is 10.2 Å². The lowest BCUT2D eigenvalue weighted by molar-refractivity contribution is -0.142. The Labute approximate surface area is 215 Å². The highest BCUT2D eigenvalue weighted by atomic mass is 35.5. The Morgan fingerprint density at radius 2 is 1.56 bits per heavy atom. The Hall–Kier alpha value is -4.03. The van der Waals surface area contributed by atoms with E-state index < -0.39 is 6.04 Å². The molecule has 0 aliphatic heterocycles. The number of nitrogens with one attached hydrogen (secondary N) is 1. The van der Waals surface area contributed by atoms with Gasteiger partial charge >= 0.3 is 0 Å². The van der Waals surface area contributed by atoms with Crippen LogP contribution in [0.5, 0.6) is 5.75 Å². The van der Waals surface area contributed by atoms with Crippen LogP contribution in [-0.4, -0.2) is 29.4 Å². The van der Waals surface area contributed by atoms with Gasteiger partial charge in [0.05, 0.1) is 12.8 Å². The molecule has 3 aromatic carbocycles. The highest BCUT2D eigenvalue weighted by Gasteiger charge is 2.30. The molecule has 0 saturated heterocycles. The molecule has 6 nitrogen and oxygen atoms in total. The number of halogens is 1. The molecule has 1 aromatic heterocycles. The summed E-state index contributed by atoms with van der Waals surface area (Å²) in [5.41, 5.74) is 1.79. The lowest BCUT2D eigenvalue weighted by Crippen LogP contribution is -2.51. The summed E-state index contributed by atoms with van der Waals surface area (Å²) >= 11 is 6.07. The van der Waals surface area contributed by atoms with E-state index in [0.717, 1.165) is 11.1 Å². The summed E-state index contributed by atoms with van der Waals surface area (Å²) in [4.78, 5) is 28.6. The van der Waals surface area contributed by atoms with Gasteiger partial charge in [-0.3, -0.25) is 9.59 Å². The molecule has 0 aliphatic carbocycles. The van der Waals surface area contributed by atoms with Gasteiger partial charge in [0.15, 0.2) is 6.61 Å². The maximum Gasteiger partial charge on any atom is 0.261 e. The van der Waals surface area contributed by atoms with Gasteiger partial charge < -0.3 is 19.4 Å². The van der Waals surface area contributed by atoms with E-state index in [2.05, 4.69) is 5.32 Å². The molecule has 184 valence electrons. The minimum absolute atomic E-state index is 0.200. The second-order valence-corrected chi connectivity index (χ2v) is 8.69. The second-order valence-electron chi connectivity index (χ2n) is 8.25. The number of nitrogens with zero attached hydrogens (tertiary/aromatic N) is 1. The molecular formula is C29H27ClN2O4. The molecular weight excluding hydrogens is 476 g/mol. The monoisotopic (exact) mass is 502 g/mol. The maximum atomic E-state index is 13.5. The Kier molecular flexibility index (Phi) is 8.78. The fourth-order valence-electron chi connectivity index (χ4n) is 3.79. The number of furan rings is 1. The van der Waals surface area contributed by atoms with E-state index in [1.54, 1.807) is 47.6 Å². The number of carbonyl (C=O) groups is 2. The second kappa shape index (κ2) is 12.6. The van der Waals surface area contributed by atoms with Crippen LogP contribution < -0.4 is 10.1 Å². The zero-order chi connectivity index (χ0) is 25.2. The molecule has 0 radical (unpaired) electrons. The Bertz CT molecular complexity index is 1230. The maximum absolute atomic E-state index is 13.5. The summed E-state index contributed by atoms with van der Waals surface area (Å²) in [6.45, 7) is 0.245. The molecule has 0 bridgehead atoms. The van der Waals surface area contributed by atoms with Crippen LogP contribution in [0.2, 0.25) is 5.02 Å².